The molecule has 0 aliphatic heterocycles. The Labute approximate surface area is 166 Å². The molecule has 1 aromatic carbocycles. The normalized spacial score (nSPS) is 15.2. The third-order valence-electron chi connectivity index (χ3n) is 5.44. The van der Waals surface area contributed by atoms with Gasteiger partial charge in [-0.25, -0.2) is 0 Å². The largest absolute Gasteiger partial charge is 0.458 e. The summed E-state index contributed by atoms with van der Waals surface area (Å²) >= 11 is 0. The molecule has 1 saturated carbocycles. The van der Waals surface area contributed by atoms with E-state index >= 15 is 0 Å². The minimum atomic E-state index is -0.112. The average molecular weight is 371 g/mol. The highest BCUT2D eigenvalue weighted by Gasteiger charge is 2.22. The van der Waals surface area contributed by atoms with Gasteiger partial charge in [0.05, 0.1) is 0 Å². The molecule has 27 heavy (non-hydrogen) atoms. The van der Waals surface area contributed by atoms with Gasteiger partial charge in [0.15, 0.2) is 0 Å². The van der Waals surface area contributed by atoms with E-state index in [1.165, 1.54) is 68.9 Å². The van der Waals surface area contributed by atoms with Crippen molar-refractivity contribution in [2.24, 2.45) is 5.92 Å². The van der Waals surface area contributed by atoms with Crippen molar-refractivity contribution in [1.82, 2.24) is 0 Å². The Hall–Kier alpha value is -1.57. The van der Waals surface area contributed by atoms with Crippen LogP contribution in [0.3, 0.4) is 0 Å². The second-order valence-electron chi connectivity index (χ2n) is 8.04. The van der Waals surface area contributed by atoms with Crippen LogP contribution in [-0.2, 0) is 16.0 Å². The molecule has 150 valence electrons. The lowest BCUT2D eigenvalue weighted by atomic mass is 10.0. The van der Waals surface area contributed by atoms with Gasteiger partial charge in [-0.3, -0.25) is 4.79 Å². The second kappa shape index (κ2) is 12.8. The number of hydrogen-bond donors (Lipinski definition) is 0. The number of aryl methyl sites for hydroxylation is 1. The van der Waals surface area contributed by atoms with Crippen molar-refractivity contribution in [2.75, 3.05) is 0 Å². The van der Waals surface area contributed by atoms with Gasteiger partial charge in [0.2, 0.25) is 0 Å². The zero-order chi connectivity index (χ0) is 19.3. The molecule has 1 aromatic rings. The van der Waals surface area contributed by atoms with Crippen LogP contribution < -0.4 is 0 Å². The number of hydrogen-bond acceptors (Lipinski definition) is 2. The van der Waals surface area contributed by atoms with Gasteiger partial charge in [0.25, 0.3) is 0 Å². The topological polar surface area (TPSA) is 26.3 Å². The van der Waals surface area contributed by atoms with Crippen LogP contribution >= 0.6 is 0 Å². The summed E-state index contributed by atoms with van der Waals surface area (Å²) in [4.78, 5) is 11.9. The summed E-state index contributed by atoms with van der Waals surface area (Å²) in [5, 5.41) is 0. The molecule has 2 nitrogen and oxygen atoms in total. The molecule has 2 heteroatoms. The molecule has 0 bridgehead atoms. The van der Waals surface area contributed by atoms with Gasteiger partial charge in [-0.1, -0.05) is 89.1 Å². The fourth-order valence-corrected chi connectivity index (χ4v) is 3.34. The minimum absolute atomic E-state index is 0.0484. The van der Waals surface area contributed by atoms with E-state index < -0.39 is 0 Å². The van der Waals surface area contributed by atoms with Crippen LogP contribution in [0.15, 0.2) is 30.3 Å². The SMILES string of the molecule is CCCCCCCCc1ccc(/C=C/C(CC)OC(=O)CCC2CC2)cc1. The van der Waals surface area contributed by atoms with E-state index in [1.54, 1.807) is 0 Å². The number of carbonyl (C=O) groups is 1. The van der Waals surface area contributed by atoms with Gasteiger partial charge in [0, 0.05) is 6.42 Å². The quantitative estimate of drug-likeness (QED) is 0.257. The third kappa shape index (κ3) is 9.79. The van der Waals surface area contributed by atoms with Gasteiger partial charge >= 0.3 is 5.97 Å². The highest BCUT2D eigenvalue weighted by atomic mass is 16.5. The van der Waals surface area contributed by atoms with Crippen molar-refractivity contribution in [2.45, 2.75) is 97.0 Å². The van der Waals surface area contributed by atoms with E-state index in [9.17, 15) is 4.79 Å². The van der Waals surface area contributed by atoms with Crippen molar-refractivity contribution in [1.29, 1.82) is 0 Å². The average Bonchev–Trinajstić information content (AvgIpc) is 3.51. The van der Waals surface area contributed by atoms with Crippen LogP contribution in [0.1, 0.15) is 95.6 Å². The molecule has 1 fully saturated rings. The highest BCUT2D eigenvalue weighted by molar-refractivity contribution is 5.70. The summed E-state index contributed by atoms with van der Waals surface area (Å²) in [6.07, 6.45) is 18.2. The number of benzene rings is 1. The van der Waals surface area contributed by atoms with Gasteiger partial charge < -0.3 is 4.74 Å². The first kappa shape index (κ1) is 21.7. The van der Waals surface area contributed by atoms with Crippen molar-refractivity contribution in [3.8, 4) is 0 Å². The van der Waals surface area contributed by atoms with E-state index in [-0.39, 0.29) is 12.1 Å². The smallest absolute Gasteiger partial charge is 0.306 e. The Morgan fingerprint density at radius 2 is 1.78 bits per heavy atom. The highest BCUT2D eigenvalue weighted by Crippen LogP contribution is 2.33. The molecule has 1 atom stereocenters. The maximum Gasteiger partial charge on any atom is 0.306 e. The third-order valence-corrected chi connectivity index (χ3v) is 5.44. The molecule has 0 amide bonds. The molecule has 1 unspecified atom stereocenters. The van der Waals surface area contributed by atoms with Gasteiger partial charge in [-0.05, 0) is 48.8 Å². The summed E-state index contributed by atoms with van der Waals surface area (Å²) < 4.78 is 5.59. The summed E-state index contributed by atoms with van der Waals surface area (Å²) in [5.41, 5.74) is 2.59. The van der Waals surface area contributed by atoms with Gasteiger partial charge in [-0.2, -0.15) is 0 Å². The zero-order valence-electron chi connectivity index (χ0n) is 17.4. The van der Waals surface area contributed by atoms with Crippen LogP contribution in [0, 0.1) is 5.92 Å². The monoisotopic (exact) mass is 370 g/mol. The number of esters is 1. The second-order valence-corrected chi connectivity index (χ2v) is 8.04. The number of ether oxygens (including phenoxy) is 1. The van der Waals surface area contributed by atoms with E-state index in [0.717, 1.165) is 18.8 Å². The predicted molar refractivity (Wildman–Crippen MR) is 115 cm³/mol. The van der Waals surface area contributed by atoms with E-state index in [0.29, 0.717) is 6.42 Å². The Morgan fingerprint density at radius 3 is 2.44 bits per heavy atom. The lowest BCUT2D eigenvalue weighted by Crippen LogP contribution is -2.15. The fraction of sp³-hybridized carbons (Fsp3) is 0.640. The molecule has 0 N–H and O–H groups in total. The summed E-state index contributed by atoms with van der Waals surface area (Å²) in [5.74, 6) is 0.732. The first-order chi connectivity index (χ1) is 13.2. The standard InChI is InChI=1S/C25H38O2/c1-3-5-6-7-8-9-10-21-11-13-22(14-12-21)17-19-24(4-2)27-25(26)20-18-23-15-16-23/h11-14,17,19,23-24H,3-10,15-16,18,20H2,1-2H3/b19-17+. The number of unbranched alkanes of at least 4 members (excludes halogenated alkanes) is 5. The van der Waals surface area contributed by atoms with Crippen LogP contribution in [0.2, 0.25) is 0 Å². The van der Waals surface area contributed by atoms with Crippen molar-refractivity contribution >= 4 is 12.0 Å². The molecule has 0 heterocycles. The zero-order valence-corrected chi connectivity index (χ0v) is 17.4. The van der Waals surface area contributed by atoms with Crippen LogP contribution in [0.25, 0.3) is 6.08 Å². The maximum atomic E-state index is 11.9. The first-order valence-corrected chi connectivity index (χ1v) is 11.2. The lowest BCUT2D eigenvalue weighted by Gasteiger charge is -2.12. The van der Waals surface area contributed by atoms with Gasteiger partial charge in [-0.15, -0.1) is 0 Å². The molecule has 0 spiro atoms. The van der Waals surface area contributed by atoms with Crippen LogP contribution in [0.5, 0.6) is 0 Å². The fourth-order valence-electron chi connectivity index (χ4n) is 3.34. The Morgan fingerprint density at radius 1 is 1.07 bits per heavy atom. The molecule has 1 aliphatic rings. The molecule has 0 saturated heterocycles. The van der Waals surface area contributed by atoms with Crippen LogP contribution in [-0.4, -0.2) is 12.1 Å². The minimum Gasteiger partial charge on any atom is -0.458 e. The van der Waals surface area contributed by atoms with Crippen molar-refractivity contribution in [3.63, 3.8) is 0 Å². The predicted octanol–water partition coefficient (Wildman–Crippen LogP) is 7.11. The Bertz CT molecular complexity index is 554. The van der Waals surface area contributed by atoms with Gasteiger partial charge in [0.1, 0.15) is 6.10 Å². The molecule has 0 aromatic heterocycles. The summed E-state index contributed by atoms with van der Waals surface area (Å²) in [6.45, 7) is 4.32. The summed E-state index contributed by atoms with van der Waals surface area (Å²) in [6, 6.07) is 8.80. The molecule has 2 rings (SSSR count). The Balaban J connectivity index is 1.68. The lowest BCUT2D eigenvalue weighted by molar-refractivity contribution is -0.147. The van der Waals surface area contributed by atoms with E-state index in [4.69, 9.17) is 4.74 Å². The number of carbonyl (C=O) groups excluding carboxylic acids is 1. The number of rotatable bonds is 14. The van der Waals surface area contributed by atoms with Crippen molar-refractivity contribution < 1.29 is 9.53 Å². The van der Waals surface area contributed by atoms with E-state index in [1.807, 2.05) is 6.08 Å². The van der Waals surface area contributed by atoms with Crippen LogP contribution in [0.4, 0.5) is 0 Å². The first-order valence-electron chi connectivity index (χ1n) is 11.2. The summed E-state index contributed by atoms with van der Waals surface area (Å²) in [7, 11) is 0. The molecular formula is C25H38O2. The Kier molecular flexibility index (Phi) is 10.3. The maximum absolute atomic E-state index is 11.9. The molecule has 1 aliphatic carbocycles. The molecular weight excluding hydrogens is 332 g/mol. The van der Waals surface area contributed by atoms with Crippen molar-refractivity contribution in [3.05, 3.63) is 41.5 Å². The van der Waals surface area contributed by atoms with E-state index in [2.05, 4.69) is 44.2 Å². The molecule has 0 radical (unpaired) electrons.